The first-order valence-corrected chi connectivity index (χ1v) is 7.12. The van der Waals surface area contributed by atoms with Gasteiger partial charge in [0.25, 0.3) is 0 Å². The van der Waals surface area contributed by atoms with Crippen LogP contribution in [0.25, 0.3) is 0 Å². The van der Waals surface area contributed by atoms with Gasteiger partial charge in [0.2, 0.25) is 5.91 Å². The van der Waals surface area contributed by atoms with E-state index in [1.807, 2.05) is 0 Å². The van der Waals surface area contributed by atoms with E-state index in [9.17, 15) is 9.59 Å². The summed E-state index contributed by atoms with van der Waals surface area (Å²) in [5, 5.41) is 11.6. The van der Waals surface area contributed by atoms with E-state index in [0.717, 1.165) is 31.8 Å². The molecule has 1 saturated heterocycles. The summed E-state index contributed by atoms with van der Waals surface area (Å²) in [6.45, 7) is 8.10. The van der Waals surface area contributed by atoms with E-state index in [1.165, 1.54) is 13.3 Å². The predicted molar refractivity (Wildman–Crippen MR) is 73.9 cm³/mol. The van der Waals surface area contributed by atoms with E-state index in [4.69, 9.17) is 5.11 Å². The van der Waals surface area contributed by atoms with Gasteiger partial charge in [0.1, 0.15) is 6.04 Å². The van der Waals surface area contributed by atoms with Crippen LogP contribution in [0, 0.1) is 11.8 Å². The van der Waals surface area contributed by atoms with Crippen molar-refractivity contribution in [2.45, 2.75) is 46.1 Å². The number of hydrogen-bond acceptors (Lipinski definition) is 3. The number of carbonyl (C=O) groups is 2. The molecule has 2 N–H and O–H groups in total. The van der Waals surface area contributed by atoms with Crippen LogP contribution >= 0.6 is 0 Å². The lowest BCUT2D eigenvalue weighted by molar-refractivity contribution is -0.142. The summed E-state index contributed by atoms with van der Waals surface area (Å²) in [6, 6.07) is -0.798. The largest absolute Gasteiger partial charge is 0.480 e. The number of carbonyl (C=O) groups excluding carboxylic acids is 1. The van der Waals surface area contributed by atoms with E-state index >= 15 is 0 Å². The molecule has 1 aliphatic rings. The summed E-state index contributed by atoms with van der Waals surface area (Å²) in [5.41, 5.74) is 0. The first-order chi connectivity index (χ1) is 8.90. The fraction of sp³-hybridized carbons (Fsp3) is 0.857. The normalized spacial score (nSPS) is 22.8. The number of nitrogens with one attached hydrogen (secondary N) is 1. The molecule has 1 aliphatic heterocycles. The smallest absolute Gasteiger partial charge is 0.327 e. The third-order valence-corrected chi connectivity index (χ3v) is 3.92. The van der Waals surface area contributed by atoms with Crippen LogP contribution < -0.4 is 5.32 Å². The Kier molecular flexibility index (Phi) is 6.28. The lowest BCUT2D eigenvalue weighted by Crippen LogP contribution is -2.48. The van der Waals surface area contributed by atoms with E-state index in [1.54, 1.807) is 0 Å². The van der Waals surface area contributed by atoms with Gasteiger partial charge >= 0.3 is 5.97 Å². The van der Waals surface area contributed by atoms with Crippen molar-refractivity contribution in [3.8, 4) is 0 Å². The molecule has 5 heteroatoms. The molecule has 110 valence electrons. The molecule has 0 aromatic heterocycles. The highest BCUT2D eigenvalue weighted by molar-refractivity contribution is 5.82. The molecule has 0 bridgehead atoms. The highest BCUT2D eigenvalue weighted by Gasteiger charge is 2.25. The maximum absolute atomic E-state index is 11.1. The van der Waals surface area contributed by atoms with E-state index in [-0.39, 0.29) is 5.91 Å². The summed E-state index contributed by atoms with van der Waals surface area (Å²) >= 11 is 0. The van der Waals surface area contributed by atoms with Crippen molar-refractivity contribution >= 4 is 11.9 Å². The SMILES string of the molecule is CC(=O)NC(CN1CCCC(C(C)C)CC1)C(=O)O. The first-order valence-electron chi connectivity index (χ1n) is 7.12. The van der Waals surface area contributed by atoms with Crippen LogP contribution in [0.1, 0.15) is 40.0 Å². The van der Waals surface area contributed by atoms with Crippen LogP contribution in [0.5, 0.6) is 0 Å². The zero-order valence-electron chi connectivity index (χ0n) is 12.2. The minimum atomic E-state index is -0.958. The lowest BCUT2D eigenvalue weighted by Gasteiger charge is -2.24. The molecular formula is C14H26N2O3. The van der Waals surface area contributed by atoms with Crippen molar-refractivity contribution in [2.24, 2.45) is 11.8 Å². The fourth-order valence-corrected chi connectivity index (χ4v) is 2.72. The number of carboxylic acid groups (broad SMARTS) is 1. The van der Waals surface area contributed by atoms with Crippen LogP contribution in [0.2, 0.25) is 0 Å². The monoisotopic (exact) mass is 270 g/mol. The average Bonchev–Trinajstić information content (AvgIpc) is 2.53. The Morgan fingerprint density at radius 1 is 1.32 bits per heavy atom. The Morgan fingerprint density at radius 3 is 2.53 bits per heavy atom. The quantitative estimate of drug-likeness (QED) is 0.791. The number of rotatable bonds is 5. The van der Waals surface area contributed by atoms with Gasteiger partial charge in [-0.3, -0.25) is 4.79 Å². The van der Waals surface area contributed by atoms with Gasteiger partial charge in [0.05, 0.1) is 0 Å². The molecule has 0 aromatic carbocycles. The molecule has 1 rings (SSSR count). The van der Waals surface area contributed by atoms with Gasteiger partial charge < -0.3 is 15.3 Å². The lowest BCUT2D eigenvalue weighted by atomic mass is 9.89. The van der Waals surface area contributed by atoms with Crippen molar-refractivity contribution in [3.05, 3.63) is 0 Å². The molecule has 2 atom stereocenters. The molecule has 0 saturated carbocycles. The minimum absolute atomic E-state index is 0.290. The zero-order chi connectivity index (χ0) is 14.4. The number of likely N-dealkylation sites (tertiary alicyclic amines) is 1. The number of nitrogens with zero attached hydrogens (tertiary/aromatic N) is 1. The van der Waals surface area contributed by atoms with Crippen LogP contribution in [-0.4, -0.2) is 47.6 Å². The topological polar surface area (TPSA) is 69.6 Å². The van der Waals surface area contributed by atoms with Crippen molar-refractivity contribution in [3.63, 3.8) is 0 Å². The number of amides is 1. The summed E-state index contributed by atoms with van der Waals surface area (Å²) in [5.74, 6) is 0.168. The van der Waals surface area contributed by atoms with Crippen LogP contribution in [0.3, 0.4) is 0 Å². The second kappa shape index (κ2) is 7.48. The fourth-order valence-electron chi connectivity index (χ4n) is 2.72. The number of carboxylic acids is 1. The highest BCUT2D eigenvalue weighted by atomic mass is 16.4. The maximum Gasteiger partial charge on any atom is 0.327 e. The zero-order valence-corrected chi connectivity index (χ0v) is 12.2. The first kappa shape index (κ1) is 16.0. The summed E-state index contributed by atoms with van der Waals surface area (Å²) in [6.07, 6.45) is 3.44. The Balaban J connectivity index is 2.51. The molecule has 0 spiro atoms. The molecule has 0 aliphatic carbocycles. The summed E-state index contributed by atoms with van der Waals surface area (Å²) in [7, 11) is 0. The van der Waals surface area contributed by atoms with Crippen molar-refractivity contribution in [1.29, 1.82) is 0 Å². The third-order valence-electron chi connectivity index (χ3n) is 3.92. The minimum Gasteiger partial charge on any atom is -0.480 e. The molecule has 1 amide bonds. The second-order valence-corrected chi connectivity index (χ2v) is 5.83. The van der Waals surface area contributed by atoms with Gasteiger partial charge in [-0.1, -0.05) is 13.8 Å². The van der Waals surface area contributed by atoms with Gasteiger partial charge in [-0.05, 0) is 44.2 Å². The number of aliphatic carboxylic acids is 1. The molecule has 1 heterocycles. The molecule has 5 nitrogen and oxygen atoms in total. The second-order valence-electron chi connectivity index (χ2n) is 5.83. The van der Waals surface area contributed by atoms with E-state index in [0.29, 0.717) is 12.5 Å². The Bertz CT molecular complexity index is 318. The van der Waals surface area contributed by atoms with Gasteiger partial charge in [0, 0.05) is 13.5 Å². The Morgan fingerprint density at radius 2 is 2.00 bits per heavy atom. The van der Waals surface area contributed by atoms with E-state index in [2.05, 4.69) is 24.1 Å². The Labute approximate surface area is 115 Å². The van der Waals surface area contributed by atoms with Gasteiger partial charge in [0.15, 0.2) is 0 Å². The van der Waals surface area contributed by atoms with Crippen LogP contribution in [-0.2, 0) is 9.59 Å². The molecule has 2 unspecified atom stereocenters. The molecule has 0 aromatic rings. The summed E-state index contributed by atoms with van der Waals surface area (Å²) < 4.78 is 0. The molecule has 0 radical (unpaired) electrons. The standard InChI is InChI=1S/C14H26N2O3/c1-10(2)12-5-4-7-16(8-6-12)9-13(14(18)19)15-11(3)17/h10,12-13H,4-9H2,1-3H3,(H,15,17)(H,18,19). The van der Waals surface area contributed by atoms with Crippen molar-refractivity contribution < 1.29 is 14.7 Å². The summed E-state index contributed by atoms with van der Waals surface area (Å²) in [4.78, 5) is 24.3. The van der Waals surface area contributed by atoms with E-state index < -0.39 is 12.0 Å². The highest BCUT2D eigenvalue weighted by Crippen LogP contribution is 2.24. The predicted octanol–water partition coefficient (Wildman–Crippen LogP) is 1.33. The maximum atomic E-state index is 11.1. The molecule has 19 heavy (non-hydrogen) atoms. The van der Waals surface area contributed by atoms with Crippen molar-refractivity contribution in [2.75, 3.05) is 19.6 Å². The Hall–Kier alpha value is -1.10. The number of hydrogen-bond donors (Lipinski definition) is 2. The van der Waals surface area contributed by atoms with Crippen LogP contribution in [0.4, 0.5) is 0 Å². The van der Waals surface area contributed by atoms with Gasteiger partial charge in [-0.2, -0.15) is 0 Å². The van der Waals surface area contributed by atoms with Gasteiger partial charge in [-0.15, -0.1) is 0 Å². The molecular weight excluding hydrogens is 244 g/mol. The third kappa shape index (κ3) is 5.59. The van der Waals surface area contributed by atoms with Gasteiger partial charge in [-0.25, -0.2) is 4.79 Å². The van der Waals surface area contributed by atoms with Crippen LogP contribution in [0.15, 0.2) is 0 Å². The average molecular weight is 270 g/mol. The molecule has 1 fully saturated rings. The van der Waals surface area contributed by atoms with Crippen molar-refractivity contribution in [1.82, 2.24) is 10.2 Å².